The summed E-state index contributed by atoms with van der Waals surface area (Å²) in [6, 6.07) is 0. The van der Waals surface area contributed by atoms with Gasteiger partial charge in [0.2, 0.25) is 0 Å². The van der Waals surface area contributed by atoms with E-state index in [2.05, 4.69) is 39.7 Å². The van der Waals surface area contributed by atoms with Crippen LogP contribution in [-0.4, -0.2) is 46.6 Å². The fourth-order valence-electron chi connectivity index (χ4n) is 2.88. The summed E-state index contributed by atoms with van der Waals surface area (Å²) in [6.07, 6.45) is 5.76. The lowest BCUT2D eigenvalue weighted by atomic mass is 9.94. The smallest absolute Gasteiger partial charge is 0.264 e. The number of aryl methyl sites for hydroxylation is 1. The van der Waals surface area contributed by atoms with Crippen LogP contribution in [-0.2, 0) is 0 Å². The molecule has 5 nitrogen and oxygen atoms in total. The molecule has 1 aliphatic heterocycles. The number of nitrogens with one attached hydrogen (secondary N) is 1. The quantitative estimate of drug-likeness (QED) is 0.818. The van der Waals surface area contributed by atoms with Crippen molar-refractivity contribution >= 4 is 17.4 Å². The van der Waals surface area contributed by atoms with E-state index in [1.54, 1.807) is 0 Å². The van der Waals surface area contributed by atoms with Crippen molar-refractivity contribution in [1.82, 2.24) is 19.8 Å². The van der Waals surface area contributed by atoms with E-state index in [1.165, 1.54) is 36.5 Å². The molecule has 1 atom stereocenters. The van der Waals surface area contributed by atoms with Crippen LogP contribution in [0.4, 0.5) is 0 Å². The molecule has 2 rings (SSSR count). The highest BCUT2D eigenvalue weighted by molar-refractivity contribution is 7.07. The Hall–Kier alpha value is -1.27. The molecule has 0 radical (unpaired) electrons. The molecule has 0 aliphatic carbocycles. The van der Waals surface area contributed by atoms with E-state index in [0.717, 1.165) is 26.1 Å². The van der Waals surface area contributed by atoms with Gasteiger partial charge in [-0.15, -0.1) is 5.10 Å². The molecule has 6 heteroatoms. The zero-order valence-electron chi connectivity index (χ0n) is 13.8. The first-order chi connectivity index (χ1) is 10.6. The van der Waals surface area contributed by atoms with Gasteiger partial charge in [0.25, 0.3) is 5.91 Å². The van der Waals surface area contributed by atoms with E-state index < -0.39 is 0 Å². The van der Waals surface area contributed by atoms with Gasteiger partial charge in [-0.25, -0.2) is 0 Å². The van der Waals surface area contributed by atoms with Crippen molar-refractivity contribution in [3.8, 4) is 0 Å². The van der Waals surface area contributed by atoms with Crippen LogP contribution in [0, 0.1) is 12.8 Å². The zero-order valence-corrected chi connectivity index (χ0v) is 14.6. The van der Waals surface area contributed by atoms with Crippen molar-refractivity contribution in [2.24, 2.45) is 5.92 Å². The third-order valence-corrected chi connectivity index (χ3v) is 5.09. The highest BCUT2D eigenvalue weighted by atomic mass is 32.1. The standard InChI is InChI=1S/C16H26N4OS/c1-4-12(2)10-20-9-5-6-14(11-20)7-8-17-16(21)15-13(3)18-19-22-15/h4,14H,5-11H2,1-3H3,(H,17,21). The third kappa shape index (κ3) is 4.88. The molecule has 1 amide bonds. The van der Waals surface area contributed by atoms with Crippen LogP contribution >= 0.6 is 11.5 Å². The Morgan fingerprint density at radius 2 is 2.36 bits per heavy atom. The summed E-state index contributed by atoms with van der Waals surface area (Å²) in [4.78, 5) is 15.2. The highest BCUT2D eigenvalue weighted by Gasteiger charge is 2.20. The Labute approximate surface area is 137 Å². The first-order valence-corrected chi connectivity index (χ1v) is 8.78. The van der Waals surface area contributed by atoms with Crippen LogP contribution in [0.5, 0.6) is 0 Å². The molecular weight excluding hydrogens is 296 g/mol. The van der Waals surface area contributed by atoms with Crippen molar-refractivity contribution in [3.05, 3.63) is 22.2 Å². The normalized spacial score (nSPS) is 20.1. The van der Waals surface area contributed by atoms with E-state index in [-0.39, 0.29) is 5.91 Å². The molecule has 0 bridgehead atoms. The first kappa shape index (κ1) is 17.1. The van der Waals surface area contributed by atoms with Gasteiger partial charge in [0.15, 0.2) is 0 Å². The van der Waals surface area contributed by atoms with Gasteiger partial charge < -0.3 is 5.32 Å². The summed E-state index contributed by atoms with van der Waals surface area (Å²) < 4.78 is 3.81. The van der Waals surface area contributed by atoms with Crippen LogP contribution in [0.2, 0.25) is 0 Å². The number of hydrogen-bond acceptors (Lipinski definition) is 5. The molecule has 2 heterocycles. The topological polar surface area (TPSA) is 58.1 Å². The number of carbonyl (C=O) groups excluding carboxylic acids is 1. The van der Waals surface area contributed by atoms with E-state index in [0.29, 0.717) is 16.5 Å². The molecule has 1 aliphatic rings. The van der Waals surface area contributed by atoms with Crippen molar-refractivity contribution < 1.29 is 4.79 Å². The van der Waals surface area contributed by atoms with Crippen molar-refractivity contribution in [2.75, 3.05) is 26.2 Å². The van der Waals surface area contributed by atoms with Gasteiger partial charge in [0.1, 0.15) is 4.88 Å². The van der Waals surface area contributed by atoms with Crippen molar-refractivity contribution in [1.29, 1.82) is 0 Å². The number of likely N-dealkylation sites (tertiary alicyclic amines) is 1. The molecule has 1 saturated heterocycles. The molecule has 1 unspecified atom stereocenters. The number of piperidine rings is 1. The van der Waals surface area contributed by atoms with E-state index in [9.17, 15) is 4.79 Å². The summed E-state index contributed by atoms with van der Waals surface area (Å²) in [5.41, 5.74) is 2.15. The van der Waals surface area contributed by atoms with Gasteiger partial charge in [0.05, 0.1) is 5.69 Å². The van der Waals surface area contributed by atoms with E-state index in [4.69, 9.17) is 0 Å². The second-order valence-corrected chi connectivity index (χ2v) is 6.86. The fourth-order valence-corrected chi connectivity index (χ4v) is 3.46. The zero-order chi connectivity index (χ0) is 15.9. The van der Waals surface area contributed by atoms with E-state index >= 15 is 0 Å². The first-order valence-electron chi connectivity index (χ1n) is 8.01. The molecule has 1 N–H and O–H groups in total. The maximum Gasteiger partial charge on any atom is 0.264 e. The maximum atomic E-state index is 12.0. The average Bonchev–Trinajstić information content (AvgIpc) is 2.93. The Balaban J connectivity index is 1.72. The summed E-state index contributed by atoms with van der Waals surface area (Å²) >= 11 is 1.17. The lowest BCUT2D eigenvalue weighted by Gasteiger charge is -2.33. The Morgan fingerprint density at radius 3 is 3.05 bits per heavy atom. The van der Waals surface area contributed by atoms with Crippen LogP contribution in [0.15, 0.2) is 11.6 Å². The van der Waals surface area contributed by atoms with Crippen LogP contribution in [0.25, 0.3) is 0 Å². The second kappa shape index (κ2) is 8.39. The number of aromatic nitrogens is 2. The second-order valence-electron chi connectivity index (χ2n) is 6.11. The largest absolute Gasteiger partial charge is 0.351 e. The number of rotatable bonds is 6. The van der Waals surface area contributed by atoms with Gasteiger partial charge in [0, 0.05) is 19.6 Å². The number of hydrogen-bond donors (Lipinski definition) is 1. The molecule has 0 aromatic carbocycles. The monoisotopic (exact) mass is 322 g/mol. The third-order valence-electron chi connectivity index (χ3n) is 4.26. The van der Waals surface area contributed by atoms with Crippen LogP contribution in [0.1, 0.15) is 48.5 Å². The molecule has 122 valence electrons. The minimum absolute atomic E-state index is 0.0371. The molecule has 1 aromatic rings. The minimum Gasteiger partial charge on any atom is -0.351 e. The predicted molar refractivity (Wildman–Crippen MR) is 90.2 cm³/mol. The molecule has 1 fully saturated rings. The number of nitrogens with zero attached hydrogens (tertiary/aromatic N) is 3. The predicted octanol–water partition coefficient (Wildman–Crippen LogP) is 2.64. The van der Waals surface area contributed by atoms with Gasteiger partial charge in [-0.05, 0) is 64.0 Å². The van der Waals surface area contributed by atoms with E-state index in [1.807, 2.05) is 6.92 Å². The number of allylic oxidation sites excluding steroid dienone is 1. The summed E-state index contributed by atoms with van der Waals surface area (Å²) in [5, 5.41) is 6.88. The van der Waals surface area contributed by atoms with Gasteiger partial charge in [-0.1, -0.05) is 16.1 Å². The molecule has 1 aromatic heterocycles. The average molecular weight is 322 g/mol. The SMILES string of the molecule is CC=C(C)CN1CCCC(CCNC(=O)c2snnc2C)C1. The highest BCUT2D eigenvalue weighted by Crippen LogP contribution is 2.20. The fraction of sp³-hybridized carbons (Fsp3) is 0.688. The lowest BCUT2D eigenvalue weighted by Crippen LogP contribution is -2.38. The van der Waals surface area contributed by atoms with Crippen LogP contribution < -0.4 is 5.32 Å². The van der Waals surface area contributed by atoms with Gasteiger partial charge in [-0.2, -0.15) is 0 Å². The molecule has 0 saturated carbocycles. The van der Waals surface area contributed by atoms with Crippen molar-refractivity contribution in [3.63, 3.8) is 0 Å². The Morgan fingerprint density at radius 1 is 1.55 bits per heavy atom. The maximum absolute atomic E-state index is 12.0. The molecular formula is C16H26N4OS. The van der Waals surface area contributed by atoms with Crippen molar-refractivity contribution in [2.45, 2.75) is 40.0 Å². The molecule has 0 spiro atoms. The lowest BCUT2D eigenvalue weighted by molar-refractivity contribution is 0.0950. The Kier molecular flexibility index (Phi) is 6.51. The van der Waals surface area contributed by atoms with Gasteiger partial charge >= 0.3 is 0 Å². The minimum atomic E-state index is -0.0371. The van der Waals surface area contributed by atoms with Gasteiger partial charge in [-0.3, -0.25) is 9.69 Å². The number of carbonyl (C=O) groups is 1. The summed E-state index contributed by atoms with van der Waals surface area (Å²) in [5.74, 6) is 0.643. The Bertz CT molecular complexity index is 526. The summed E-state index contributed by atoms with van der Waals surface area (Å²) in [6.45, 7) is 10.3. The van der Waals surface area contributed by atoms with Crippen LogP contribution in [0.3, 0.4) is 0 Å². The molecule has 22 heavy (non-hydrogen) atoms. The number of amides is 1. The summed E-state index contributed by atoms with van der Waals surface area (Å²) in [7, 11) is 0.